The maximum Gasteiger partial charge on any atom is 0.223 e. The van der Waals surface area contributed by atoms with Crippen LogP contribution in [0.2, 0.25) is 0 Å². The van der Waals surface area contributed by atoms with Gasteiger partial charge in [-0.2, -0.15) is 0 Å². The molecule has 0 aliphatic heterocycles. The van der Waals surface area contributed by atoms with Gasteiger partial charge >= 0.3 is 0 Å². The summed E-state index contributed by atoms with van der Waals surface area (Å²) in [5.41, 5.74) is 4.81. The Morgan fingerprint density at radius 2 is 1.53 bits per heavy atom. The predicted molar refractivity (Wildman–Crippen MR) is 73.7 cm³/mol. The van der Waals surface area contributed by atoms with Crippen LogP contribution < -0.4 is 4.90 Å². The van der Waals surface area contributed by atoms with Crippen LogP contribution in [-0.4, -0.2) is 13.0 Å². The van der Waals surface area contributed by atoms with E-state index in [0.717, 1.165) is 16.8 Å². The van der Waals surface area contributed by atoms with Gasteiger partial charge in [-0.1, -0.05) is 32.9 Å². The molecule has 17 heavy (non-hydrogen) atoms. The van der Waals surface area contributed by atoms with Crippen molar-refractivity contribution in [3.8, 4) is 0 Å². The van der Waals surface area contributed by atoms with Gasteiger partial charge in [0.05, 0.1) is 0 Å². The summed E-state index contributed by atoms with van der Waals surface area (Å²) in [6.07, 6.45) is 0. The Balaban J connectivity index is 3.34. The van der Waals surface area contributed by atoms with E-state index in [-0.39, 0.29) is 11.3 Å². The van der Waals surface area contributed by atoms with Gasteiger partial charge in [0.25, 0.3) is 0 Å². The van der Waals surface area contributed by atoms with Gasteiger partial charge in [0.2, 0.25) is 5.91 Å². The summed E-state index contributed by atoms with van der Waals surface area (Å²) in [4.78, 5) is 13.2. The molecule has 0 N–H and O–H groups in total. The van der Waals surface area contributed by atoms with Gasteiger partial charge in [-0.3, -0.25) is 4.79 Å². The Morgan fingerprint density at radius 1 is 1.12 bits per heavy atom. The summed E-state index contributed by atoms with van der Waals surface area (Å²) in [5.74, 6) is 0.0692. The van der Waals surface area contributed by atoms with Crippen LogP contribution in [0.3, 0.4) is 0 Å². The molecular weight excluding hydrogens is 210 g/mol. The standard InChI is InChI=1S/C15H23NO/c1-10-8-13(15(4,5)6)9-11(2)14(10)16(7)12(3)17/h8-9H,1-7H3. The Hall–Kier alpha value is -1.31. The summed E-state index contributed by atoms with van der Waals surface area (Å²) >= 11 is 0. The molecule has 0 spiro atoms. The number of carbonyl (C=O) groups is 1. The first kappa shape index (κ1) is 13.8. The topological polar surface area (TPSA) is 20.3 Å². The first-order chi connectivity index (χ1) is 7.64. The van der Waals surface area contributed by atoms with Crippen molar-refractivity contribution in [2.45, 2.75) is 47.0 Å². The van der Waals surface area contributed by atoms with Crippen LogP contribution in [-0.2, 0) is 10.2 Å². The van der Waals surface area contributed by atoms with Crippen molar-refractivity contribution in [1.29, 1.82) is 0 Å². The lowest BCUT2D eigenvalue weighted by Crippen LogP contribution is -2.25. The number of carbonyl (C=O) groups excluding carboxylic acids is 1. The molecule has 1 rings (SSSR count). The average Bonchev–Trinajstić information content (AvgIpc) is 2.14. The molecule has 1 aromatic rings. The molecule has 0 aromatic heterocycles. The molecule has 0 atom stereocenters. The zero-order valence-corrected chi connectivity index (χ0v) is 12.0. The van der Waals surface area contributed by atoms with Crippen LogP contribution in [0.5, 0.6) is 0 Å². The van der Waals surface area contributed by atoms with E-state index in [1.165, 1.54) is 5.56 Å². The number of nitrogens with zero attached hydrogens (tertiary/aromatic N) is 1. The van der Waals surface area contributed by atoms with Gasteiger partial charge in [-0.15, -0.1) is 0 Å². The molecule has 1 amide bonds. The van der Waals surface area contributed by atoms with Gasteiger partial charge in [0.15, 0.2) is 0 Å². The lowest BCUT2D eigenvalue weighted by Gasteiger charge is -2.25. The van der Waals surface area contributed by atoms with E-state index in [2.05, 4.69) is 46.8 Å². The highest BCUT2D eigenvalue weighted by Gasteiger charge is 2.18. The van der Waals surface area contributed by atoms with Crippen LogP contribution in [0, 0.1) is 13.8 Å². The molecule has 0 aliphatic rings. The molecule has 0 aliphatic carbocycles. The van der Waals surface area contributed by atoms with Crippen molar-refractivity contribution >= 4 is 11.6 Å². The van der Waals surface area contributed by atoms with E-state index in [1.54, 1.807) is 11.8 Å². The first-order valence-corrected chi connectivity index (χ1v) is 6.00. The quantitative estimate of drug-likeness (QED) is 0.726. The molecule has 1 aromatic carbocycles. The molecule has 0 unspecified atom stereocenters. The monoisotopic (exact) mass is 233 g/mol. The second-order valence-corrected chi connectivity index (χ2v) is 5.79. The zero-order chi connectivity index (χ0) is 13.4. The molecule has 0 bridgehead atoms. The minimum atomic E-state index is 0.0692. The second-order valence-electron chi connectivity index (χ2n) is 5.79. The molecule has 0 radical (unpaired) electrons. The normalized spacial score (nSPS) is 11.5. The third-order valence-electron chi connectivity index (χ3n) is 3.16. The van der Waals surface area contributed by atoms with E-state index in [9.17, 15) is 4.79 Å². The SMILES string of the molecule is CC(=O)N(C)c1c(C)cc(C(C)(C)C)cc1C. The number of benzene rings is 1. The zero-order valence-electron chi connectivity index (χ0n) is 12.0. The highest BCUT2D eigenvalue weighted by Crippen LogP contribution is 2.31. The molecule has 94 valence electrons. The number of amides is 1. The lowest BCUT2D eigenvalue weighted by atomic mass is 9.84. The van der Waals surface area contributed by atoms with Crippen molar-refractivity contribution in [1.82, 2.24) is 0 Å². The highest BCUT2D eigenvalue weighted by molar-refractivity contribution is 5.92. The van der Waals surface area contributed by atoms with E-state index in [0.29, 0.717) is 0 Å². The van der Waals surface area contributed by atoms with E-state index in [4.69, 9.17) is 0 Å². The third-order valence-corrected chi connectivity index (χ3v) is 3.16. The fourth-order valence-electron chi connectivity index (χ4n) is 2.08. The van der Waals surface area contributed by atoms with E-state index in [1.807, 2.05) is 7.05 Å². The van der Waals surface area contributed by atoms with Gasteiger partial charge < -0.3 is 4.90 Å². The molecule has 0 fully saturated rings. The van der Waals surface area contributed by atoms with Gasteiger partial charge in [0.1, 0.15) is 0 Å². The first-order valence-electron chi connectivity index (χ1n) is 6.00. The van der Waals surface area contributed by atoms with Gasteiger partial charge in [-0.25, -0.2) is 0 Å². The summed E-state index contributed by atoms with van der Waals surface area (Å²) in [5, 5.41) is 0. The molecule has 2 nitrogen and oxygen atoms in total. The number of hydrogen-bond acceptors (Lipinski definition) is 1. The van der Waals surface area contributed by atoms with Crippen molar-refractivity contribution in [3.05, 3.63) is 28.8 Å². The lowest BCUT2D eigenvalue weighted by molar-refractivity contribution is -0.116. The maximum atomic E-state index is 11.5. The second kappa shape index (κ2) is 4.52. The fourth-order valence-corrected chi connectivity index (χ4v) is 2.08. The predicted octanol–water partition coefficient (Wildman–Crippen LogP) is 3.58. The Bertz CT molecular complexity index is 418. The van der Waals surface area contributed by atoms with Crippen LogP contribution in [0.15, 0.2) is 12.1 Å². The Labute approximate surface area is 105 Å². The number of aryl methyl sites for hydroxylation is 2. The Morgan fingerprint density at radius 3 is 1.82 bits per heavy atom. The van der Waals surface area contributed by atoms with Gasteiger partial charge in [0, 0.05) is 19.7 Å². The molecule has 0 saturated carbocycles. The molecule has 0 saturated heterocycles. The third kappa shape index (κ3) is 2.87. The summed E-state index contributed by atoms with van der Waals surface area (Å²) < 4.78 is 0. The van der Waals surface area contributed by atoms with Crippen molar-refractivity contribution in [3.63, 3.8) is 0 Å². The van der Waals surface area contributed by atoms with E-state index < -0.39 is 0 Å². The van der Waals surface area contributed by atoms with E-state index >= 15 is 0 Å². The maximum absolute atomic E-state index is 11.5. The van der Waals surface area contributed by atoms with Crippen LogP contribution in [0.25, 0.3) is 0 Å². The van der Waals surface area contributed by atoms with Crippen molar-refractivity contribution in [2.24, 2.45) is 0 Å². The number of hydrogen-bond donors (Lipinski definition) is 0. The minimum Gasteiger partial charge on any atom is -0.315 e. The summed E-state index contributed by atoms with van der Waals surface area (Å²) in [6.45, 7) is 12.3. The summed E-state index contributed by atoms with van der Waals surface area (Å²) in [7, 11) is 1.83. The number of anilines is 1. The molecule has 2 heteroatoms. The smallest absolute Gasteiger partial charge is 0.223 e. The van der Waals surface area contributed by atoms with Crippen LogP contribution >= 0.6 is 0 Å². The molecule has 0 heterocycles. The minimum absolute atomic E-state index is 0.0692. The van der Waals surface area contributed by atoms with Crippen LogP contribution in [0.1, 0.15) is 44.4 Å². The van der Waals surface area contributed by atoms with Crippen molar-refractivity contribution < 1.29 is 4.79 Å². The summed E-state index contributed by atoms with van der Waals surface area (Å²) in [6, 6.07) is 4.36. The fraction of sp³-hybridized carbons (Fsp3) is 0.533. The average molecular weight is 233 g/mol. The Kier molecular flexibility index (Phi) is 3.65. The van der Waals surface area contributed by atoms with Crippen LogP contribution in [0.4, 0.5) is 5.69 Å². The molecular formula is C15H23NO. The van der Waals surface area contributed by atoms with Gasteiger partial charge in [-0.05, 0) is 36.0 Å². The highest BCUT2D eigenvalue weighted by atomic mass is 16.2. The van der Waals surface area contributed by atoms with Crippen molar-refractivity contribution in [2.75, 3.05) is 11.9 Å². The largest absolute Gasteiger partial charge is 0.315 e. The number of rotatable bonds is 1.